The summed E-state index contributed by atoms with van der Waals surface area (Å²) in [6, 6.07) is 82.4. The first kappa shape index (κ1) is 46.9. The van der Waals surface area contributed by atoms with Crippen molar-refractivity contribution in [1.29, 1.82) is 0 Å². The first-order chi connectivity index (χ1) is 34.7. The molecule has 0 aliphatic heterocycles. The third-order valence-electron chi connectivity index (χ3n) is 13.1. The van der Waals surface area contributed by atoms with Crippen molar-refractivity contribution in [2.45, 2.75) is 61.8 Å². The lowest BCUT2D eigenvalue weighted by molar-refractivity contribution is 1.18. The minimum atomic E-state index is 0.982. The fraction of sp³-hybridized carbons (Fsp3) is 0.134. The lowest BCUT2D eigenvalue weighted by atomic mass is 9.95. The summed E-state index contributed by atoms with van der Waals surface area (Å²) in [4.78, 5) is 2.39. The highest BCUT2D eigenvalue weighted by Gasteiger charge is 2.23. The molecular formula is C67H63N3. The van der Waals surface area contributed by atoms with E-state index in [2.05, 4.69) is 238 Å². The molecule has 0 spiro atoms. The third kappa shape index (κ3) is 8.22. The van der Waals surface area contributed by atoms with E-state index in [1.54, 1.807) is 0 Å². The van der Waals surface area contributed by atoms with Crippen molar-refractivity contribution in [3.05, 3.63) is 236 Å². The number of para-hydroxylation sites is 4. The monoisotopic (exact) mass is 910 g/mol. The number of fused-ring (bicyclic) bond motifs is 11. The quantitative estimate of drug-likeness (QED) is 0.162. The van der Waals surface area contributed by atoms with Gasteiger partial charge in [0.2, 0.25) is 0 Å². The van der Waals surface area contributed by atoms with Gasteiger partial charge in [0.25, 0.3) is 0 Å². The first-order valence-corrected chi connectivity index (χ1v) is 25.5. The zero-order valence-corrected chi connectivity index (χ0v) is 41.9. The molecule has 13 rings (SSSR count). The van der Waals surface area contributed by atoms with Crippen molar-refractivity contribution >= 4 is 71.4 Å². The van der Waals surface area contributed by atoms with Crippen molar-refractivity contribution in [2.75, 3.05) is 4.90 Å². The Morgan fingerprint density at radius 3 is 1.57 bits per heavy atom. The Hall–Kier alpha value is -8.14. The van der Waals surface area contributed by atoms with Gasteiger partial charge >= 0.3 is 0 Å². The number of nitrogens with zero attached hydrogens (tertiary/aromatic N) is 3. The minimum absolute atomic E-state index is 0.982. The van der Waals surface area contributed by atoms with Crippen molar-refractivity contribution in [3.63, 3.8) is 0 Å². The van der Waals surface area contributed by atoms with E-state index in [9.17, 15) is 0 Å². The average Bonchev–Trinajstić information content (AvgIpc) is 4.10. The van der Waals surface area contributed by atoms with Crippen LogP contribution in [-0.4, -0.2) is 9.13 Å². The molecule has 0 saturated carbocycles. The predicted molar refractivity (Wildman–Crippen MR) is 306 cm³/mol. The number of benzene rings is 10. The number of rotatable bonds is 6. The van der Waals surface area contributed by atoms with Crippen LogP contribution in [0.25, 0.3) is 88.0 Å². The highest BCUT2D eigenvalue weighted by atomic mass is 15.1. The van der Waals surface area contributed by atoms with E-state index in [4.69, 9.17) is 0 Å². The zero-order valence-electron chi connectivity index (χ0n) is 41.9. The number of aromatic nitrogens is 2. The van der Waals surface area contributed by atoms with Crippen LogP contribution in [0.15, 0.2) is 224 Å². The van der Waals surface area contributed by atoms with Crippen LogP contribution in [0.1, 0.15) is 66.5 Å². The Bertz CT molecular complexity index is 3710. The second kappa shape index (κ2) is 21.0. The van der Waals surface area contributed by atoms with Gasteiger partial charge in [0.15, 0.2) is 0 Å². The molecule has 0 radical (unpaired) electrons. The molecule has 346 valence electrons. The van der Waals surface area contributed by atoms with E-state index >= 15 is 0 Å². The van der Waals surface area contributed by atoms with Gasteiger partial charge in [-0.25, -0.2) is 0 Å². The Morgan fingerprint density at radius 2 is 0.857 bits per heavy atom. The van der Waals surface area contributed by atoms with Gasteiger partial charge in [-0.15, -0.1) is 0 Å². The average molecular weight is 910 g/mol. The third-order valence-corrected chi connectivity index (χ3v) is 13.1. The van der Waals surface area contributed by atoms with Crippen LogP contribution < -0.4 is 4.90 Å². The zero-order chi connectivity index (χ0) is 48.7. The van der Waals surface area contributed by atoms with Crippen LogP contribution >= 0.6 is 0 Å². The standard InChI is InChI=1S/C59H39N3.4C2H6/c1-4-17-44(18-5-1)60(48-30-31-51-50-25-12-13-26-55(50)61(58(51)37-48)45-19-6-2-7-20-45)47-23-14-16-39(34-47)40-29-32-56-53(35-40)54-38-52-42(36-57(54)62(56)46-21-8-3-9-22-46)27-28-43-33-41-15-10-11-24-49(41)59(43)52;4*1-2/h1-32,34-38H,33H2;4*1-2H3. The summed E-state index contributed by atoms with van der Waals surface area (Å²) in [6.07, 6.45) is 0.982. The van der Waals surface area contributed by atoms with Gasteiger partial charge < -0.3 is 14.0 Å². The Morgan fingerprint density at radius 1 is 0.314 bits per heavy atom. The SMILES string of the molecule is CC.CC.CC.CC.c1ccc(N(c2cccc(-c3ccc4c(c3)c3cc5c6c(ccc5cc3n4-c3ccccc3)Cc3ccccc3-6)c2)c2ccc3c4ccccc4n(-c4ccccc4)c3c2)cc1. The topological polar surface area (TPSA) is 13.1 Å². The fourth-order valence-electron chi connectivity index (χ4n) is 10.3. The summed E-state index contributed by atoms with van der Waals surface area (Å²) >= 11 is 0. The van der Waals surface area contributed by atoms with Gasteiger partial charge in [-0.1, -0.05) is 189 Å². The Kier molecular flexibility index (Phi) is 14.1. The summed E-state index contributed by atoms with van der Waals surface area (Å²) in [5, 5.41) is 7.58. The highest BCUT2D eigenvalue weighted by molar-refractivity contribution is 6.17. The molecule has 0 unspecified atom stereocenters. The van der Waals surface area contributed by atoms with Crippen LogP contribution in [0.3, 0.4) is 0 Å². The van der Waals surface area contributed by atoms with Crippen molar-refractivity contribution < 1.29 is 0 Å². The van der Waals surface area contributed by atoms with Crippen LogP contribution in [0.5, 0.6) is 0 Å². The van der Waals surface area contributed by atoms with Gasteiger partial charge in [-0.3, -0.25) is 0 Å². The molecule has 0 atom stereocenters. The van der Waals surface area contributed by atoms with Crippen LogP contribution in [0.4, 0.5) is 17.1 Å². The van der Waals surface area contributed by atoms with E-state index in [0.717, 1.165) is 34.9 Å². The first-order valence-electron chi connectivity index (χ1n) is 25.5. The molecule has 2 aromatic heterocycles. The second-order valence-electron chi connectivity index (χ2n) is 16.5. The maximum atomic E-state index is 2.47. The van der Waals surface area contributed by atoms with E-state index in [0.29, 0.717) is 0 Å². The minimum Gasteiger partial charge on any atom is -0.310 e. The number of anilines is 3. The van der Waals surface area contributed by atoms with Gasteiger partial charge in [-0.05, 0) is 142 Å². The summed E-state index contributed by atoms with van der Waals surface area (Å²) in [5.74, 6) is 0. The molecule has 1 aliphatic rings. The van der Waals surface area contributed by atoms with Gasteiger partial charge in [0.05, 0.1) is 22.1 Å². The van der Waals surface area contributed by atoms with E-state index in [-0.39, 0.29) is 0 Å². The van der Waals surface area contributed by atoms with Crippen LogP contribution in [0, 0.1) is 0 Å². The molecule has 10 aromatic carbocycles. The normalized spacial score (nSPS) is 11.1. The Labute approximate surface area is 414 Å². The van der Waals surface area contributed by atoms with Crippen molar-refractivity contribution in [1.82, 2.24) is 9.13 Å². The molecule has 70 heavy (non-hydrogen) atoms. The summed E-state index contributed by atoms with van der Waals surface area (Å²) < 4.78 is 4.83. The molecule has 0 saturated heterocycles. The molecule has 3 heteroatoms. The van der Waals surface area contributed by atoms with E-state index in [1.807, 2.05) is 55.4 Å². The van der Waals surface area contributed by atoms with Gasteiger partial charge in [0.1, 0.15) is 0 Å². The summed E-state index contributed by atoms with van der Waals surface area (Å²) in [7, 11) is 0. The predicted octanol–water partition coefficient (Wildman–Crippen LogP) is 19.8. The molecule has 0 N–H and O–H groups in total. The van der Waals surface area contributed by atoms with E-state index < -0.39 is 0 Å². The molecule has 3 nitrogen and oxygen atoms in total. The summed E-state index contributed by atoms with van der Waals surface area (Å²) in [6.45, 7) is 16.0. The Balaban J connectivity index is 0.000000726. The molecule has 1 aliphatic carbocycles. The van der Waals surface area contributed by atoms with E-state index in [1.165, 1.54) is 87.8 Å². The van der Waals surface area contributed by atoms with Crippen LogP contribution in [0.2, 0.25) is 0 Å². The van der Waals surface area contributed by atoms with Gasteiger partial charge in [-0.2, -0.15) is 0 Å². The van der Waals surface area contributed by atoms with Gasteiger partial charge in [0, 0.05) is 50.0 Å². The molecular weight excluding hydrogens is 847 g/mol. The largest absolute Gasteiger partial charge is 0.310 e. The molecule has 0 bridgehead atoms. The van der Waals surface area contributed by atoms with Crippen molar-refractivity contribution in [3.8, 4) is 33.6 Å². The molecule has 0 fully saturated rings. The second-order valence-corrected chi connectivity index (χ2v) is 16.5. The molecule has 0 amide bonds. The summed E-state index contributed by atoms with van der Waals surface area (Å²) in [5.41, 5.74) is 18.3. The number of hydrogen-bond acceptors (Lipinski definition) is 1. The fourth-order valence-corrected chi connectivity index (χ4v) is 10.3. The number of hydrogen-bond donors (Lipinski definition) is 0. The van der Waals surface area contributed by atoms with Crippen LogP contribution in [-0.2, 0) is 6.42 Å². The highest BCUT2D eigenvalue weighted by Crippen LogP contribution is 2.45. The lowest BCUT2D eigenvalue weighted by Crippen LogP contribution is -2.10. The molecule has 12 aromatic rings. The van der Waals surface area contributed by atoms with Crippen molar-refractivity contribution in [2.24, 2.45) is 0 Å². The maximum absolute atomic E-state index is 2.47. The molecule has 2 heterocycles. The smallest absolute Gasteiger partial charge is 0.0561 e. The maximum Gasteiger partial charge on any atom is 0.0561 e. The lowest BCUT2D eigenvalue weighted by Gasteiger charge is -2.26.